The van der Waals surface area contributed by atoms with Crippen LogP contribution in [-0.4, -0.2) is 55.6 Å². The second-order valence-electron chi connectivity index (χ2n) is 9.96. The van der Waals surface area contributed by atoms with Crippen LogP contribution in [0.2, 0.25) is 0 Å². The highest BCUT2D eigenvalue weighted by atomic mass is 19.4. The van der Waals surface area contributed by atoms with Gasteiger partial charge >= 0.3 is 12.4 Å². The van der Waals surface area contributed by atoms with Gasteiger partial charge in [-0.15, -0.1) is 0 Å². The van der Waals surface area contributed by atoms with Crippen molar-refractivity contribution in [3.63, 3.8) is 0 Å². The molecular formula is C27H32F6N6O2. The minimum absolute atomic E-state index is 0.103. The highest BCUT2D eigenvalue weighted by Gasteiger charge is 2.39. The van der Waals surface area contributed by atoms with E-state index in [4.69, 9.17) is 0 Å². The van der Waals surface area contributed by atoms with Crippen molar-refractivity contribution in [2.24, 2.45) is 5.92 Å². The van der Waals surface area contributed by atoms with E-state index < -0.39 is 41.3 Å². The highest BCUT2D eigenvalue weighted by molar-refractivity contribution is 6.03. The molecule has 2 atom stereocenters. The van der Waals surface area contributed by atoms with Crippen molar-refractivity contribution in [3.05, 3.63) is 54.2 Å². The van der Waals surface area contributed by atoms with Crippen LogP contribution in [0.25, 0.3) is 11.3 Å². The zero-order chi connectivity index (χ0) is 30.8. The van der Waals surface area contributed by atoms with Gasteiger partial charge in [0.1, 0.15) is 11.7 Å². The maximum atomic E-state index is 13.7. The maximum absolute atomic E-state index is 13.7. The molecule has 0 aromatic carbocycles. The first-order chi connectivity index (χ1) is 19.0. The average Bonchev–Trinajstić information content (AvgIpc) is 3.59. The molecule has 2 unspecified atom stereocenters. The van der Waals surface area contributed by atoms with E-state index in [1.165, 1.54) is 24.3 Å². The van der Waals surface area contributed by atoms with Crippen molar-refractivity contribution in [1.82, 2.24) is 19.7 Å². The molecule has 1 saturated heterocycles. The largest absolute Gasteiger partial charge is 0.435 e. The van der Waals surface area contributed by atoms with Crippen molar-refractivity contribution in [1.29, 1.82) is 0 Å². The number of carbonyl (C=O) groups is 1. The fraction of sp³-hybridized carbons (Fsp3) is 0.481. The lowest BCUT2D eigenvalue weighted by Crippen LogP contribution is -2.33. The van der Waals surface area contributed by atoms with Crippen molar-refractivity contribution >= 4 is 17.3 Å². The molecule has 4 heterocycles. The Morgan fingerprint density at radius 2 is 1.80 bits per heavy atom. The Morgan fingerprint density at radius 1 is 1.12 bits per heavy atom. The van der Waals surface area contributed by atoms with Gasteiger partial charge in [-0.2, -0.15) is 31.4 Å². The molecule has 1 aliphatic rings. The van der Waals surface area contributed by atoms with Gasteiger partial charge in [-0.05, 0) is 45.4 Å². The Hall–Kier alpha value is -3.68. The number of pyridine rings is 2. The van der Waals surface area contributed by atoms with E-state index in [0.29, 0.717) is 29.9 Å². The molecule has 0 spiro atoms. The molecule has 1 aliphatic heterocycles. The molecule has 3 aromatic rings. The Balaban J connectivity index is 0.00000226. The summed E-state index contributed by atoms with van der Waals surface area (Å²) in [7, 11) is 0. The number of halogens is 6. The van der Waals surface area contributed by atoms with Crippen molar-refractivity contribution in [2.75, 3.05) is 23.3 Å². The number of aliphatic hydroxyl groups is 1. The normalized spacial score (nSPS) is 16.7. The van der Waals surface area contributed by atoms with E-state index in [0.717, 1.165) is 25.5 Å². The van der Waals surface area contributed by atoms with Crippen LogP contribution in [0.1, 0.15) is 63.3 Å². The third-order valence-corrected chi connectivity index (χ3v) is 6.69. The number of hydrogen-bond donors (Lipinski definition) is 2. The standard InChI is InChI=1S/C25H26F6N6O2.C2H6/c1-14(24(26,27)28)37-12-15(10-33-37)18-5-4-6-19(34-18)22(38)35-20-9-17(11-32-21(20)25(29,30)31)36-8-7-16(13-36)23(2,3)39;1-2/h4-6,9-12,14,16,39H,7-8,13H2,1-3H3,(H,35,38);1-2H3. The van der Waals surface area contributed by atoms with Gasteiger partial charge in [0.15, 0.2) is 5.69 Å². The smallest absolute Gasteiger partial charge is 0.390 e. The molecule has 14 heteroatoms. The molecule has 8 nitrogen and oxygen atoms in total. The summed E-state index contributed by atoms with van der Waals surface area (Å²) in [6, 6.07) is 3.38. The predicted octanol–water partition coefficient (Wildman–Crippen LogP) is 6.36. The Morgan fingerprint density at radius 3 is 2.39 bits per heavy atom. The van der Waals surface area contributed by atoms with Crippen LogP contribution in [0.4, 0.5) is 37.7 Å². The summed E-state index contributed by atoms with van der Waals surface area (Å²) in [5, 5.41) is 16.2. The van der Waals surface area contributed by atoms with Gasteiger partial charge in [-0.25, -0.2) is 9.97 Å². The Labute approximate surface area is 233 Å². The van der Waals surface area contributed by atoms with E-state index in [1.807, 2.05) is 13.8 Å². The topological polar surface area (TPSA) is 96.2 Å². The first-order valence-corrected chi connectivity index (χ1v) is 13.0. The lowest BCUT2D eigenvalue weighted by atomic mass is 9.90. The van der Waals surface area contributed by atoms with Crippen molar-refractivity contribution in [2.45, 2.75) is 65.0 Å². The molecular weight excluding hydrogens is 554 g/mol. The van der Waals surface area contributed by atoms with Crippen LogP contribution in [0.15, 0.2) is 42.9 Å². The zero-order valence-corrected chi connectivity index (χ0v) is 23.2. The summed E-state index contributed by atoms with van der Waals surface area (Å²) in [4.78, 5) is 22.4. The van der Waals surface area contributed by atoms with Crippen LogP contribution in [0.5, 0.6) is 0 Å². The molecule has 2 N–H and O–H groups in total. The first-order valence-electron chi connectivity index (χ1n) is 13.0. The molecule has 224 valence electrons. The SMILES string of the molecule is CC.CC(n1cc(-c2cccc(C(=O)Nc3cc(N4CCC(C(C)(C)O)C4)cnc3C(F)(F)F)n2)cn1)C(F)(F)F. The average molecular weight is 587 g/mol. The Kier molecular flexibility index (Phi) is 9.36. The van der Waals surface area contributed by atoms with Crippen LogP contribution in [-0.2, 0) is 6.18 Å². The lowest BCUT2D eigenvalue weighted by Gasteiger charge is -2.26. The number of nitrogens with one attached hydrogen (secondary N) is 1. The van der Waals surface area contributed by atoms with Gasteiger partial charge in [-0.3, -0.25) is 9.48 Å². The summed E-state index contributed by atoms with van der Waals surface area (Å²) >= 11 is 0. The van der Waals surface area contributed by atoms with Gasteiger partial charge in [0.2, 0.25) is 0 Å². The minimum atomic E-state index is -4.86. The van der Waals surface area contributed by atoms with E-state index in [-0.39, 0.29) is 22.9 Å². The highest BCUT2D eigenvalue weighted by Crippen LogP contribution is 2.37. The van der Waals surface area contributed by atoms with Gasteiger partial charge in [0.25, 0.3) is 5.91 Å². The maximum Gasteiger partial charge on any atom is 0.435 e. The van der Waals surface area contributed by atoms with Crippen molar-refractivity contribution < 1.29 is 36.2 Å². The quantitative estimate of drug-likeness (QED) is 0.327. The van der Waals surface area contributed by atoms with Gasteiger partial charge in [0.05, 0.1) is 35.1 Å². The number of amides is 1. The van der Waals surface area contributed by atoms with Crippen molar-refractivity contribution in [3.8, 4) is 11.3 Å². The minimum Gasteiger partial charge on any atom is -0.390 e. The summed E-state index contributed by atoms with van der Waals surface area (Å²) in [5.41, 5.74) is -2.45. The molecule has 0 radical (unpaired) electrons. The molecule has 0 saturated carbocycles. The summed E-state index contributed by atoms with van der Waals surface area (Å²) in [6.07, 6.45) is -5.42. The van der Waals surface area contributed by atoms with Crippen LogP contribution < -0.4 is 10.2 Å². The first kappa shape index (κ1) is 31.8. The third kappa shape index (κ3) is 7.54. The van der Waals surface area contributed by atoms with Crippen LogP contribution in [0.3, 0.4) is 0 Å². The molecule has 41 heavy (non-hydrogen) atoms. The monoisotopic (exact) mass is 586 g/mol. The molecule has 3 aromatic heterocycles. The van der Waals surface area contributed by atoms with Gasteiger partial charge in [-0.1, -0.05) is 19.9 Å². The predicted molar refractivity (Wildman–Crippen MR) is 141 cm³/mol. The van der Waals surface area contributed by atoms with Gasteiger partial charge in [0, 0.05) is 30.8 Å². The molecule has 4 rings (SSSR count). The number of hydrogen-bond acceptors (Lipinski definition) is 6. The van der Waals surface area contributed by atoms with E-state index in [9.17, 15) is 36.2 Å². The Bertz CT molecular complexity index is 1350. The number of alkyl halides is 6. The second kappa shape index (κ2) is 12.0. The number of rotatable bonds is 6. The molecule has 0 aliphatic carbocycles. The number of anilines is 2. The lowest BCUT2D eigenvalue weighted by molar-refractivity contribution is -0.165. The summed E-state index contributed by atoms with van der Waals surface area (Å²) in [5.74, 6) is -1.07. The van der Waals surface area contributed by atoms with E-state index in [2.05, 4.69) is 20.4 Å². The fourth-order valence-electron chi connectivity index (χ4n) is 4.26. The van der Waals surface area contributed by atoms with Crippen LogP contribution in [0, 0.1) is 5.92 Å². The number of carbonyl (C=O) groups excluding carboxylic acids is 1. The van der Waals surface area contributed by atoms with E-state index >= 15 is 0 Å². The van der Waals surface area contributed by atoms with Crippen LogP contribution >= 0.6 is 0 Å². The summed E-state index contributed by atoms with van der Waals surface area (Å²) in [6.45, 7) is 9.15. The second-order valence-corrected chi connectivity index (χ2v) is 9.96. The van der Waals surface area contributed by atoms with E-state index in [1.54, 1.807) is 18.7 Å². The molecule has 1 fully saturated rings. The third-order valence-electron chi connectivity index (χ3n) is 6.69. The molecule has 1 amide bonds. The number of nitrogens with zero attached hydrogens (tertiary/aromatic N) is 5. The fourth-order valence-corrected chi connectivity index (χ4v) is 4.26. The summed E-state index contributed by atoms with van der Waals surface area (Å²) < 4.78 is 80.8. The number of aromatic nitrogens is 4. The zero-order valence-electron chi connectivity index (χ0n) is 23.2. The molecule has 0 bridgehead atoms. The van der Waals surface area contributed by atoms with Gasteiger partial charge < -0.3 is 15.3 Å².